The number of ether oxygens (including phenoxy) is 1. The fraction of sp³-hybridized carbons (Fsp3) is 0.389. The van der Waals surface area contributed by atoms with E-state index in [1.165, 1.54) is 18.3 Å². The molecule has 0 aromatic carbocycles. The average molecular weight is 387 g/mol. The van der Waals surface area contributed by atoms with Gasteiger partial charge in [0.2, 0.25) is 11.8 Å². The number of anilines is 1. The monoisotopic (exact) mass is 387 g/mol. The zero-order valence-electron chi connectivity index (χ0n) is 14.5. The number of amides is 3. The van der Waals surface area contributed by atoms with Gasteiger partial charge >= 0.3 is 5.97 Å². The number of nitrogens with zero attached hydrogens (tertiary/aromatic N) is 2. The molecule has 1 saturated heterocycles. The first-order chi connectivity index (χ1) is 12.9. The van der Waals surface area contributed by atoms with Crippen LogP contribution in [-0.4, -0.2) is 41.2 Å². The van der Waals surface area contributed by atoms with Gasteiger partial charge in [0.05, 0.1) is 17.4 Å². The molecule has 1 aromatic heterocycles. The molecule has 1 aliphatic carbocycles. The topological polar surface area (TPSA) is 117 Å². The number of allylic oxidation sites excluding steroid dienone is 2. The molecule has 0 saturated carbocycles. The van der Waals surface area contributed by atoms with Crippen LogP contribution in [-0.2, 0) is 23.9 Å². The molecule has 1 fully saturated rings. The van der Waals surface area contributed by atoms with Gasteiger partial charge in [-0.1, -0.05) is 12.2 Å². The summed E-state index contributed by atoms with van der Waals surface area (Å²) in [5, 5.41) is 13.5. The van der Waals surface area contributed by atoms with Crippen LogP contribution in [0.1, 0.15) is 25.3 Å². The summed E-state index contributed by atoms with van der Waals surface area (Å²) in [5.74, 6) is -3.02. The van der Waals surface area contributed by atoms with Gasteiger partial charge in [-0.25, -0.2) is 0 Å². The van der Waals surface area contributed by atoms with Gasteiger partial charge in [-0.2, -0.15) is 5.26 Å². The molecule has 8 nitrogen and oxygen atoms in total. The van der Waals surface area contributed by atoms with E-state index in [0.29, 0.717) is 23.4 Å². The van der Waals surface area contributed by atoms with E-state index < -0.39 is 36.4 Å². The van der Waals surface area contributed by atoms with Crippen molar-refractivity contribution in [3.05, 3.63) is 29.2 Å². The van der Waals surface area contributed by atoms with Gasteiger partial charge in [0.15, 0.2) is 6.10 Å². The van der Waals surface area contributed by atoms with Crippen molar-refractivity contribution in [2.24, 2.45) is 11.8 Å². The number of thiophene rings is 1. The fourth-order valence-corrected chi connectivity index (χ4v) is 3.89. The standard InChI is InChI=1S/C18H17N3O5S/c1-10(15(23)20-16-11(8-19)6-7-27-16)26-14(22)9-21-17(24)12-4-2-3-5-13(12)18(21)25/h2-3,6-7,10,12-13H,4-5,9H2,1H3,(H,20,23)/t10-,12-,13+/m0/s1. The number of likely N-dealkylation sites (tertiary alicyclic amines) is 1. The molecule has 27 heavy (non-hydrogen) atoms. The van der Waals surface area contributed by atoms with Gasteiger partial charge in [-0.05, 0) is 31.2 Å². The molecule has 2 aliphatic rings. The van der Waals surface area contributed by atoms with Crippen molar-refractivity contribution in [2.75, 3.05) is 11.9 Å². The van der Waals surface area contributed by atoms with Gasteiger partial charge in [0.1, 0.15) is 17.6 Å². The van der Waals surface area contributed by atoms with Crippen molar-refractivity contribution in [3.8, 4) is 6.07 Å². The van der Waals surface area contributed by atoms with Crippen molar-refractivity contribution in [2.45, 2.75) is 25.9 Å². The highest BCUT2D eigenvalue weighted by Gasteiger charge is 2.47. The minimum atomic E-state index is -1.14. The summed E-state index contributed by atoms with van der Waals surface area (Å²) in [5.41, 5.74) is 0.316. The summed E-state index contributed by atoms with van der Waals surface area (Å²) in [6.45, 7) is 0.870. The molecular weight excluding hydrogens is 370 g/mol. The Kier molecular flexibility index (Phi) is 5.37. The molecule has 1 N–H and O–H groups in total. The van der Waals surface area contributed by atoms with Crippen molar-refractivity contribution in [1.29, 1.82) is 5.26 Å². The van der Waals surface area contributed by atoms with Crippen LogP contribution < -0.4 is 5.32 Å². The number of hydrogen-bond acceptors (Lipinski definition) is 7. The van der Waals surface area contributed by atoms with Crippen LogP contribution in [0.4, 0.5) is 5.00 Å². The highest BCUT2D eigenvalue weighted by atomic mass is 32.1. The van der Waals surface area contributed by atoms with Crippen molar-refractivity contribution in [1.82, 2.24) is 4.90 Å². The summed E-state index contributed by atoms with van der Waals surface area (Å²) in [7, 11) is 0. The molecule has 2 heterocycles. The highest BCUT2D eigenvalue weighted by Crippen LogP contribution is 2.34. The third-order valence-corrected chi connectivity index (χ3v) is 5.42. The minimum Gasteiger partial charge on any atom is -0.451 e. The number of hydrogen-bond donors (Lipinski definition) is 1. The van der Waals surface area contributed by atoms with Crippen LogP contribution in [0, 0.1) is 23.2 Å². The predicted molar refractivity (Wildman–Crippen MR) is 95.3 cm³/mol. The Labute approximate surface area is 159 Å². The highest BCUT2D eigenvalue weighted by molar-refractivity contribution is 7.14. The molecule has 9 heteroatoms. The zero-order valence-corrected chi connectivity index (χ0v) is 15.3. The fourth-order valence-electron chi connectivity index (χ4n) is 3.15. The van der Waals surface area contributed by atoms with E-state index in [2.05, 4.69) is 5.32 Å². The van der Waals surface area contributed by atoms with Gasteiger partial charge in [0.25, 0.3) is 5.91 Å². The molecule has 1 aliphatic heterocycles. The normalized spacial score (nSPS) is 22.1. The zero-order chi connectivity index (χ0) is 19.6. The van der Waals surface area contributed by atoms with Crippen LogP contribution in [0.5, 0.6) is 0 Å². The number of esters is 1. The molecule has 0 bridgehead atoms. The first kappa shape index (κ1) is 18.8. The quantitative estimate of drug-likeness (QED) is 0.464. The first-order valence-corrected chi connectivity index (χ1v) is 9.28. The van der Waals surface area contributed by atoms with Crippen molar-refractivity contribution >= 4 is 40.0 Å². The number of rotatable bonds is 5. The third kappa shape index (κ3) is 3.75. The lowest BCUT2D eigenvalue weighted by Gasteiger charge is -2.17. The Morgan fingerprint density at radius 3 is 2.56 bits per heavy atom. The largest absolute Gasteiger partial charge is 0.451 e. The lowest BCUT2D eigenvalue weighted by molar-refractivity contribution is -0.158. The Balaban J connectivity index is 1.56. The van der Waals surface area contributed by atoms with Crippen LogP contribution in [0.25, 0.3) is 0 Å². The maximum Gasteiger partial charge on any atom is 0.326 e. The van der Waals surface area contributed by atoms with Crippen molar-refractivity contribution in [3.63, 3.8) is 0 Å². The predicted octanol–water partition coefficient (Wildman–Crippen LogP) is 1.44. The number of imide groups is 1. The lowest BCUT2D eigenvalue weighted by Crippen LogP contribution is -2.39. The molecule has 1 aromatic rings. The van der Waals surface area contributed by atoms with E-state index in [1.54, 1.807) is 11.4 Å². The molecule has 3 atom stereocenters. The maximum atomic E-state index is 12.3. The van der Waals surface area contributed by atoms with Crippen molar-refractivity contribution < 1.29 is 23.9 Å². The van der Waals surface area contributed by atoms with E-state index in [9.17, 15) is 19.2 Å². The Morgan fingerprint density at radius 2 is 1.96 bits per heavy atom. The van der Waals surface area contributed by atoms with E-state index in [-0.39, 0.29) is 11.8 Å². The summed E-state index contributed by atoms with van der Waals surface area (Å²) in [6, 6.07) is 3.51. The summed E-state index contributed by atoms with van der Waals surface area (Å²) < 4.78 is 5.06. The van der Waals surface area contributed by atoms with E-state index >= 15 is 0 Å². The SMILES string of the molecule is C[C@H](OC(=O)CN1C(=O)[C@H]2CC=CC[C@H]2C1=O)C(=O)Nc1sccc1C#N. The molecule has 3 amide bonds. The van der Waals surface area contributed by atoms with Gasteiger partial charge in [-0.3, -0.25) is 24.1 Å². The second kappa shape index (κ2) is 7.72. The molecule has 3 rings (SSSR count). The summed E-state index contributed by atoms with van der Waals surface area (Å²) in [4.78, 5) is 49.9. The Bertz CT molecular complexity index is 843. The number of nitrogens with one attached hydrogen (secondary N) is 1. The van der Waals surface area contributed by atoms with Crippen LogP contribution in [0.3, 0.4) is 0 Å². The summed E-state index contributed by atoms with van der Waals surface area (Å²) in [6.07, 6.45) is 3.56. The number of nitriles is 1. The van der Waals surface area contributed by atoms with Gasteiger partial charge < -0.3 is 10.1 Å². The maximum absolute atomic E-state index is 12.3. The van der Waals surface area contributed by atoms with Crippen LogP contribution in [0.2, 0.25) is 0 Å². The van der Waals surface area contributed by atoms with Crippen LogP contribution >= 0.6 is 11.3 Å². The molecule has 0 radical (unpaired) electrons. The molecule has 140 valence electrons. The Hall–Kier alpha value is -2.99. The van der Waals surface area contributed by atoms with E-state index in [0.717, 1.165) is 4.90 Å². The molecule has 0 unspecified atom stereocenters. The average Bonchev–Trinajstić information content (AvgIpc) is 3.20. The second-order valence-corrected chi connectivity index (χ2v) is 7.23. The number of carbonyl (C=O) groups excluding carboxylic acids is 4. The minimum absolute atomic E-state index is 0.316. The second-order valence-electron chi connectivity index (χ2n) is 6.31. The first-order valence-electron chi connectivity index (χ1n) is 8.40. The van der Waals surface area contributed by atoms with E-state index in [4.69, 9.17) is 10.00 Å². The molecule has 0 spiro atoms. The van der Waals surface area contributed by atoms with Gasteiger partial charge in [0, 0.05) is 0 Å². The Morgan fingerprint density at radius 1 is 1.33 bits per heavy atom. The van der Waals surface area contributed by atoms with Gasteiger partial charge in [-0.15, -0.1) is 11.3 Å². The smallest absolute Gasteiger partial charge is 0.326 e. The third-order valence-electron chi connectivity index (χ3n) is 4.59. The lowest BCUT2D eigenvalue weighted by atomic mass is 9.85. The van der Waals surface area contributed by atoms with E-state index in [1.807, 2.05) is 18.2 Å². The van der Waals surface area contributed by atoms with Crippen LogP contribution in [0.15, 0.2) is 23.6 Å². The molecular formula is C18H17N3O5S. The summed E-state index contributed by atoms with van der Waals surface area (Å²) >= 11 is 1.18. The number of carbonyl (C=O) groups is 4. The number of fused-ring (bicyclic) bond motifs is 1.